The molecule has 2 amide bonds. The first-order valence-electron chi connectivity index (χ1n) is 8.54. The van der Waals surface area contributed by atoms with Gasteiger partial charge in [-0.1, -0.05) is 52.3 Å². The summed E-state index contributed by atoms with van der Waals surface area (Å²) in [6.45, 7) is 15.4. The lowest BCUT2D eigenvalue weighted by molar-refractivity contribution is -0.123. The number of hydrazine groups is 1. The third-order valence-electron chi connectivity index (χ3n) is 3.99. The minimum Gasteiger partial charge on any atom is -0.268 e. The highest BCUT2D eigenvalue weighted by Crippen LogP contribution is 2.29. The predicted molar refractivity (Wildman–Crippen MR) is 103 cm³/mol. The van der Waals surface area contributed by atoms with Crippen LogP contribution in [0.4, 0.5) is 0 Å². The van der Waals surface area contributed by atoms with Crippen molar-refractivity contribution >= 4 is 23.4 Å². The Labute approximate surface area is 156 Å². The van der Waals surface area contributed by atoms with Crippen LogP contribution in [0.1, 0.15) is 63.4 Å². The molecule has 1 aromatic rings. The van der Waals surface area contributed by atoms with Gasteiger partial charge in [0.25, 0.3) is 11.8 Å². The minimum absolute atomic E-state index is 0.160. The van der Waals surface area contributed by atoms with Gasteiger partial charge in [-0.2, -0.15) is 0 Å². The number of amides is 2. The zero-order valence-corrected chi connectivity index (χ0v) is 16.8. The molecule has 0 heterocycles. The topological polar surface area (TPSA) is 49.4 Å². The van der Waals surface area contributed by atoms with Crippen molar-refractivity contribution in [2.75, 3.05) is 0 Å². The predicted octanol–water partition coefficient (Wildman–Crippen LogP) is 4.91. The van der Waals surface area contributed by atoms with Gasteiger partial charge in [0.1, 0.15) is 0 Å². The average Bonchev–Trinajstić information content (AvgIpc) is 2.47. The van der Waals surface area contributed by atoms with Crippen LogP contribution >= 0.6 is 11.6 Å². The Hall–Kier alpha value is -1.81. The van der Waals surface area contributed by atoms with E-state index >= 15 is 0 Å². The number of hydrogen-bond donors (Lipinski definition) is 1. The van der Waals surface area contributed by atoms with Crippen LogP contribution < -0.4 is 5.43 Å². The van der Waals surface area contributed by atoms with Gasteiger partial charge in [-0.25, -0.2) is 5.01 Å². The van der Waals surface area contributed by atoms with Gasteiger partial charge in [0.15, 0.2) is 0 Å². The number of carbonyl (C=O) groups excluding carboxylic acids is 2. The van der Waals surface area contributed by atoms with E-state index in [0.29, 0.717) is 16.2 Å². The summed E-state index contributed by atoms with van der Waals surface area (Å²) in [6.07, 6.45) is 1.66. The molecule has 0 bridgehead atoms. The Morgan fingerprint density at radius 1 is 1.28 bits per heavy atom. The molecule has 0 radical (unpaired) electrons. The van der Waals surface area contributed by atoms with Crippen molar-refractivity contribution in [2.45, 2.75) is 60.4 Å². The monoisotopic (exact) mass is 364 g/mol. The van der Waals surface area contributed by atoms with Gasteiger partial charge < -0.3 is 0 Å². The van der Waals surface area contributed by atoms with Crippen molar-refractivity contribution in [1.29, 1.82) is 0 Å². The van der Waals surface area contributed by atoms with Gasteiger partial charge in [0, 0.05) is 16.2 Å². The third kappa shape index (κ3) is 5.89. The van der Waals surface area contributed by atoms with Crippen LogP contribution in [0.15, 0.2) is 30.4 Å². The molecule has 5 heteroatoms. The first kappa shape index (κ1) is 21.2. The first-order valence-corrected chi connectivity index (χ1v) is 8.92. The van der Waals surface area contributed by atoms with Gasteiger partial charge in [-0.15, -0.1) is 0 Å². The molecule has 1 N–H and O–H groups in total. The Balaban J connectivity index is 3.35. The molecule has 0 aromatic heterocycles. The molecule has 0 saturated carbocycles. The molecule has 0 aliphatic carbocycles. The smallest absolute Gasteiger partial charge is 0.268 e. The van der Waals surface area contributed by atoms with E-state index in [4.69, 9.17) is 11.6 Å². The van der Waals surface area contributed by atoms with Crippen LogP contribution in [0, 0.1) is 12.3 Å². The first-order chi connectivity index (χ1) is 11.5. The molecule has 0 aliphatic rings. The second-order valence-corrected chi connectivity index (χ2v) is 8.02. The standard InChI is InChI=1S/C20H29ClN2O2/c1-8-9-17(20(5,6)7)23(22-18(24)13(2)3)19(25)15-10-14(4)11-16(21)12-15/h10-12,17H,2,8-9H2,1,3-7H3,(H,22,24). The fourth-order valence-corrected chi connectivity index (χ4v) is 2.99. The maximum absolute atomic E-state index is 13.2. The van der Waals surface area contributed by atoms with Crippen LogP contribution in [-0.2, 0) is 4.79 Å². The Kier molecular flexibility index (Phi) is 7.24. The van der Waals surface area contributed by atoms with E-state index in [0.717, 1.165) is 18.4 Å². The second-order valence-electron chi connectivity index (χ2n) is 7.58. The highest BCUT2D eigenvalue weighted by atomic mass is 35.5. The van der Waals surface area contributed by atoms with E-state index in [1.165, 1.54) is 5.01 Å². The molecule has 1 aromatic carbocycles. The molecule has 4 nitrogen and oxygen atoms in total. The molecule has 138 valence electrons. The van der Waals surface area contributed by atoms with Crippen LogP contribution in [-0.4, -0.2) is 22.9 Å². The maximum atomic E-state index is 13.2. The molecule has 1 atom stereocenters. The number of carbonyl (C=O) groups is 2. The number of aryl methyl sites for hydroxylation is 1. The number of hydrogen-bond acceptors (Lipinski definition) is 2. The van der Waals surface area contributed by atoms with Crippen molar-refractivity contribution in [2.24, 2.45) is 5.41 Å². The molecule has 25 heavy (non-hydrogen) atoms. The minimum atomic E-state index is -0.363. The summed E-state index contributed by atoms with van der Waals surface area (Å²) in [5.74, 6) is -0.633. The average molecular weight is 365 g/mol. The van der Waals surface area contributed by atoms with E-state index in [2.05, 4.69) is 39.7 Å². The van der Waals surface area contributed by atoms with Crippen LogP contribution in [0.5, 0.6) is 0 Å². The van der Waals surface area contributed by atoms with Gasteiger partial charge in [-0.3, -0.25) is 15.0 Å². The number of benzene rings is 1. The summed E-state index contributed by atoms with van der Waals surface area (Å²) >= 11 is 6.11. The van der Waals surface area contributed by atoms with E-state index in [1.807, 2.05) is 6.92 Å². The number of rotatable bonds is 5. The molecule has 0 fully saturated rings. The normalized spacial score (nSPS) is 12.4. The van der Waals surface area contributed by atoms with Gasteiger partial charge in [0.05, 0.1) is 6.04 Å². The van der Waals surface area contributed by atoms with E-state index in [-0.39, 0.29) is 23.3 Å². The van der Waals surface area contributed by atoms with Gasteiger partial charge in [0.2, 0.25) is 0 Å². The van der Waals surface area contributed by atoms with Crippen molar-refractivity contribution in [3.05, 3.63) is 46.5 Å². The number of nitrogens with one attached hydrogen (secondary N) is 1. The molecular weight excluding hydrogens is 336 g/mol. The summed E-state index contributed by atoms with van der Waals surface area (Å²) in [5.41, 5.74) is 4.24. The van der Waals surface area contributed by atoms with E-state index in [9.17, 15) is 9.59 Å². The van der Waals surface area contributed by atoms with Crippen molar-refractivity contribution < 1.29 is 9.59 Å². The summed E-state index contributed by atoms with van der Waals surface area (Å²) in [6, 6.07) is 5.04. The third-order valence-corrected chi connectivity index (χ3v) is 4.21. The van der Waals surface area contributed by atoms with Crippen LogP contribution in [0.25, 0.3) is 0 Å². The summed E-state index contributed by atoms with van der Waals surface area (Å²) in [7, 11) is 0. The molecule has 0 saturated heterocycles. The van der Waals surface area contributed by atoms with Gasteiger partial charge in [-0.05, 0) is 49.4 Å². The largest absolute Gasteiger partial charge is 0.272 e. The maximum Gasteiger partial charge on any atom is 0.272 e. The fourth-order valence-electron chi connectivity index (χ4n) is 2.70. The Bertz CT molecular complexity index is 642. The molecular formula is C20H29ClN2O2. The SMILES string of the molecule is C=C(C)C(=O)NN(C(=O)c1cc(C)cc(Cl)c1)C(CCC)C(C)(C)C. The van der Waals surface area contributed by atoms with Crippen LogP contribution in [0.2, 0.25) is 5.02 Å². The zero-order chi connectivity index (χ0) is 19.4. The lowest BCUT2D eigenvalue weighted by Gasteiger charge is -2.40. The molecule has 1 unspecified atom stereocenters. The van der Waals surface area contributed by atoms with Crippen LogP contribution in [0.3, 0.4) is 0 Å². The molecule has 0 spiro atoms. The summed E-state index contributed by atoms with van der Waals surface area (Å²) < 4.78 is 0. The Morgan fingerprint density at radius 3 is 2.32 bits per heavy atom. The van der Waals surface area contributed by atoms with E-state index < -0.39 is 0 Å². The fraction of sp³-hybridized carbons (Fsp3) is 0.500. The molecule has 0 aliphatic heterocycles. The van der Waals surface area contributed by atoms with Crippen molar-refractivity contribution in [3.63, 3.8) is 0 Å². The summed E-state index contributed by atoms with van der Waals surface area (Å²) in [4.78, 5) is 25.4. The lowest BCUT2D eigenvalue weighted by atomic mass is 9.83. The number of halogens is 1. The number of nitrogens with zero attached hydrogens (tertiary/aromatic N) is 1. The quantitative estimate of drug-likeness (QED) is 0.596. The second kappa shape index (κ2) is 8.52. The van der Waals surface area contributed by atoms with E-state index in [1.54, 1.807) is 25.1 Å². The molecule has 1 rings (SSSR count). The lowest BCUT2D eigenvalue weighted by Crippen LogP contribution is -2.56. The van der Waals surface area contributed by atoms with Crippen molar-refractivity contribution in [3.8, 4) is 0 Å². The van der Waals surface area contributed by atoms with Gasteiger partial charge >= 0.3 is 0 Å². The highest BCUT2D eigenvalue weighted by molar-refractivity contribution is 6.31. The van der Waals surface area contributed by atoms with Crippen molar-refractivity contribution in [1.82, 2.24) is 10.4 Å². The Morgan fingerprint density at radius 2 is 1.88 bits per heavy atom. The zero-order valence-electron chi connectivity index (χ0n) is 16.1. The highest BCUT2D eigenvalue weighted by Gasteiger charge is 2.34. The summed E-state index contributed by atoms with van der Waals surface area (Å²) in [5, 5.41) is 1.95.